The lowest BCUT2D eigenvalue weighted by molar-refractivity contribution is -0.133. The number of carbonyl (C=O) groups is 1. The normalized spacial score (nSPS) is 16.3. The molecule has 156 valence electrons. The van der Waals surface area contributed by atoms with Crippen LogP contribution >= 0.6 is 0 Å². The second-order valence-corrected chi connectivity index (χ2v) is 7.96. The summed E-state index contributed by atoms with van der Waals surface area (Å²) in [6.45, 7) is 6.07. The van der Waals surface area contributed by atoms with Gasteiger partial charge in [-0.05, 0) is 68.1 Å². The molecule has 0 saturated carbocycles. The molecule has 0 bridgehead atoms. The first kappa shape index (κ1) is 21.2. The molecule has 1 atom stereocenters. The first-order valence-corrected chi connectivity index (χ1v) is 10.2. The highest BCUT2D eigenvalue weighted by molar-refractivity contribution is 5.79. The Labute approximate surface area is 174 Å². The van der Waals surface area contributed by atoms with E-state index in [9.17, 15) is 4.79 Å². The van der Waals surface area contributed by atoms with Crippen molar-refractivity contribution in [2.45, 2.75) is 39.3 Å². The van der Waals surface area contributed by atoms with Crippen LogP contribution in [0.5, 0.6) is 11.5 Å². The molecule has 0 radical (unpaired) electrons. The topological polar surface area (TPSA) is 42.0 Å². The van der Waals surface area contributed by atoms with Gasteiger partial charge in [0.15, 0.2) is 0 Å². The van der Waals surface area contributed by atoms with E-state index in [2.05, 4.69) is 36.9 Å². The first-order chi connectivity index (χ1) is 13.9. The Bertz CT molecular complexity index is 842. The van der Waals surface area contributed by atoms with Gasteiger partial charge < -0.3 is 14.4 Å². The molecule has 1 unspecified atom stereocenters. The summed E-state index contributed by atoms with van der Waals surface area (Å²) in [5, 5.41) is 0. The lowest BCUT2D eigenvalue weighted by Crippen LogP contribution is -2.38. The van der Waals surface area contributed by atoms with Crippen molar-refractivity contribution in [2.75, 3.05) is 34.4 Å². The maximum atomic E-state index is 13.1. The van der Waals surface area contributed by atoms with Crippen molar-refractivity contribution in [3.8, 4) is 11.5 Å². The quantitative estimate of drug-likeness (QED) is 0.706. The molecule has 1 aliphatic rings. The van der Waals surface area contributed by atoms with Gasteiger partial charge in [0.1, 0.15) is 11.5 Å². The molecule has 29 heavy (non-hydrogen) atoms. The SMILES string of the molecule is COc1cccc(C2CCCN2C(=O)CN(C)Cc2cc(C)c(OC)c(C)c2)c1. The second kappa shape index (κ2) is 9.31. The van der Waals surface area contributed by atoms with Gasteiger partial charge in [0.2, 0.25) is 5.91 Å². The van der Waals surface area contributed by atoms with Crippen LogP contribution in [0.2, 0.25) is 0 Å². The lowest BCUT2D eigenvalue weighted by Gasteiger charge is -2.28. The van der Waals surface area contributed by atoms with Gasteiger partial charge >= 0.3 is 0 Å². The van der Waals surface area contributed by atoms with E-state index in [4.69, 9.17) is 9.47 Å². The van der Waals surface area contributed by atoms with Gasteiger partial charge in [-0.15, -0.1) is 0 Å². The highest BCUT2D eigenvalue weighted by atomic mass is 16.5. The number of ether oxygens (including phenoxy) is 2. The molecule has 0 spiro atoms. The summed E-state index contributed by atoms with van der Waals surface area (Å²) in [7, 11) is 5.38. The molecular weight excluding hydrogens is 364 g/mol. The Morgan fingerprint density at radius 3 is 2.52 bits per heavy atom. The predicted octanol–water partition coefficient (Wildman–Crippen LogP) is 4.12. The molecule has 0 N–H and O–H groups in total. The number of benzene rings is 2. The van der Waals surface area contributed by atoms with Crippen molar-refractivity contribution >= 4 is 5.91 Å². The predicted molar refractivity (Wildman–Crippen MR) is 115 cm³/mol. The van der Waals surface area contributed by atoms with Crippen molar-refractivity contribution in [1.82, 2.24) is 9.80 Å². The van der Waals surface area contributed by atoms with Gasteiger partial charge in [-0.3, -0.25) is 9.69 Å². The molecule has 1 saturated heterocycles. The number of hydrogen-bond donors (Lipinski definition) is 0. The van der Waals surface area contributed by atoms with Crippen LogP contribution in [-0.4, -0.2) is 50.1 Å². The summed E-state index contributed by atoms with van der Waals surface area (Å²) in [5.41, 5.74) is 4.60. The van der Waals surface area contributed by atoms with Gasteiger partial charge in [-0.2, -0.15) is 0 Å². The van der Waals surface area contributed by atoms with E-state index >= 15 is 0 Å². The number of hydrogen-bond acceptors (Lipinski definition) is 4. The molecular formula is C24H32N2O3. The van der Waals surface area contributed by atoms with Crippen molar-refractivity contribution in [3.63, 3.8) is 0 Å². The summed E-state index contributed by atoms with van der Waals surface area (Å²) < 4.78 is 10.8. The number of carbonyl (C=O) groups excluding carboxylic acids is 1. The van der Waals surface area contributed by atoms with Crippen LogP contribution in [0.4, 0.5) is 0 Å². The molecule has 5 heteroatoms. The monoisotopic (exact) mass is 396 g/mol. The Morgan fingerprint density at radius 2 is 1.86 bits per heavy atom. The van der Waals surface area contributed by atoms with Crippen LogP contribution in [-0.2, 0) is 11.3 Å². The average Bonchev–Trinajstić information content (AvgIpc) is 3.18. The van der Waals surface area contributed by atoms with Crippen LogP contribution in [0.1, 0.15) is 41.1 Å². The Morgan fingerprint density at radius 1 is 1.14 bits per heavy atom. The van der Waals surface area contributed by atoms with Crippen LogP contribution in [0, 0.1) is 13.8 Å². The molecule has 1 heterocycles. The van der Waals surface area contributed by atoms with E-state index in [1.807, 2.05) is 30.1 Å². The van der Waals surface area contributed by atoms with E-state index in [0.29, 0.717) is 6.54 Å². The molecule has 0 aromatic heterocycles. The molecule has 1 amide bonds. The zero-order valence-corrected chi connectivity index (χ0v) is 18.2. The van der Waals surface area contributed by atoms with Gasteiger partial charge in [0.05, 0.1) is 26.8 Å². The average molecular weight is 397 g/mol. The molecule has 2 aromatic rings. The number of aryl methyl sites for hydroxylation is 2. The van der Waals surface area contributed by atoms with E-state index in [1.54, 1.807) is 14.2 Å². The van der Waals surface area contributed by atoms with E-state index in [1.165, 1.54) is 5.56 Å². The fourth-order valence-corrected chi connectivity index (χ4v) is 4.40. The minimum absolute atomic E-state index is 0.136. The Balaban J connectivity index is 1.66. The van der Waals surface area contributed by atoms with Gasteiger partial charge in [-0.1, -0.05) is 24.3 Å². The standard InChI is InChI=1S/C24H32N2O3/c1-17-12-19(13-18(2)24(17)29-5)15-25(3)16-23(27)26-11-7-10-22(26)20-8-6-9-21(14-20)28-4/h6,8-9,12-14,22H,7,10-11,15-16H2,1-5H3. The van der Waals surface area contributed by atoms with E-state index < -0.39 is 0 Å². The first-order valence-electron chi connectivity index (χ1n) is 10.2. The minimum atomic E-state index is 0.136. The number of likely N-dealkylation sites (tertiary alicyclic amines) is 1. The Hall–Kier alpha value is -2.53. The third kappa shape index (κ3) is 4.91. The minimum Gasteiger partial charge on any atom is -0.497 e. The summed E-state index contributed by atoms with van der Waals surface area (Å²) >= 11 is 0. The fourth-order valence-electron chi connectivity index (χ4n) is 4.40. The highest BCUT2D eigenvalue weighted by Gasteiger charge is 2.30. The van der Waals surface area contributed by atoms with Crippen LogP contribution < -0.4 is 9.47 Å². The van der Waals surface area contributed by atoms with Crippen LogP contribution in [0.25, 0.3) is 0 Å². The number of rotatable bonds is 7. The number of amides is 1. The Kier molecular flexibility index (Phi) is 6.80. The largest absolute Gasteiger partial charge is 0.497 e. The van der Waals surface area contributed by atoms with Crippen molar-refractivity contribution < 1.29 is 14.3 Å². The summed E-state index contributed by atoms with van der Waals surface area (Å²) in [5.74, 6) is 1.95. The second-order valence-electron chi connectivity index (χ2n) is 7.96. The number of methoxy groups -OCH3 is 2. The molecule has 3 rings (SSSR count). The third-order valence-corrected chi connectivity index (χ3v) is 5.63. The summed E-state index contributed by atoms with van der Waals surface area (Å²) in [6, 6.07) is 12.5. The van der Waals surface area contributed by atoms with Crippen molar-refractivity contribution in [2.24, 2.45) is 0 Å². The zero-order chi connectivity index (χ0) is 21.0. The number of likely N-dealkylation sites (N-methyl/N-ethyl adjacent to an activating group) is 1. The molecule has 5 nitrogen and oxygen atoms in total. The maximum Gasteiger partial charge on any atom is 0.237 e. The lowest BCUT2D eigenvalue weighted by atomic mass is 10.0. The van der Waals surface area contributed by atoms with E-state index in [0.717, 1.165) is 54.1 Å². The third-order valence-electron chi connectivity index (χ3n) is 5.63. The van der Waals surface area contributed by atoms with Crippen LogP contribution in [0.3, 0.4) is 0 Å². The molecule has 1 aliphatic heterocycles. The number of nitrogens with zero attached hydrogens (tertiary/aromatic N) is 2. The molecule has 2 aromatic carbocycles. The molecule has 1 fully saturated rings. The fraction of sp³-hybridized carbons (Fsp3) is 0.458. The zero-order valence-electron chi connectivity index (χ0n) is 18.2. The van der Waals surface area contributed by atoms with E-state index in [-0.39, 0.29) is 11.9 Å². The van der Waals surface area contributed by atoms with Gasteiger partial charge in [0, 0.05) is 13.1 Å². The molecule has 0 aliphatic carbocycles. The highest BCUT2D eigenvalue weighted by Crippen LogP contribution is 2.33. The van der Waals surface area contributed by atoms with Gasteiger partial charge in [0.25, 0.3) is 0 Å². The maximum absolute atomic E-state index is 13.1. The van der Waals surface area contributed by atoms with Crippen molar-refractivity contribution in [1.29, 1.82) is 0 Å². The summed E-state index contributed by atoms with van der Waals surface area (Å²) in [6.07, 6.45) is 2.04. The smallest absolute Gasteiger partial charge is 0.237 e. The van der Waals surface area contributed by atoms with Crippen LogP contribution in [0.15, 0.2) is 36.4 Å². The van der Waals surface area contributed by atoms with Crippen molar-refractivity contribution in [3.05, 3.63) is 58.7 Å². The summed E-state index contributed by atoms with van der Waals surface area (Å²) in [4.78, 5) is 17.2. The van der Waals surface area contributed by atoms with Gasteiger partial charge in [-0.25, -0.2) is 0 Å².